The summed E-state index contributed by atoms with van der Waals surface area (Å²) in [4.78, 5) is 24.9. The van der Waals surface area contributed by atoms with Crippen molar-refractivity contribution < 1.29 is 14.3 Å². The molecule has 4 heteroatoms. The zero-order valence-electron chi connectivity index (χ0n) is 18.1. The van der Waals surface area contributed by atoms with Crippen LogP contribution < -0.4 is 5.32 Å². The third-order valence-electron chi connectivity index (χ3n) is 5.26. The lowest BCUT2D eigenvalue weighted by atomic mass is 9.86. The first kappa shape index (κ1) is 21.6. The number of fused-ring (bicyclic) bond motifs is 1. The van der Waals surface area contributed by atoms with E-state index < -0.39 is 12.0 Å². The summed E-state index contributed by atoms with van der Waals surface area (Å²) in [7, 11) is 1.34. The summed E-state index contributed by atoms with van der Waals surface area (Å²) in [5, 5.41) is 5.07. The highest BCUT2D eigenvalue weighted by atomic mass is 16.5. The van der Waals surface area contributed by atoms with E-state index in [9.17, 15) is 9.59 Å². The predicted octanol–water partition coefficient (Wildman–Crippen LogP) is 4.58. The molecule has 0 aliphatic heterocycles. The second-order valence-corrected chi connectivity index (χ2v) is 8.65. The van der Waals surface area contributed by atoms with Crippen molar-refractivity contribution >= 4 is 22.6 Å². The number of methoxy groups -OCH3 is 1. The van der Waals surface area contributed by atoms with Gasteiger partial charge in [-0.1, -0.05) is 87.5 Å². The summed E-state index contributed by atoms with van der Waals surface area (Å²) in [6.07, 6.45) is 0.599. The molecule has 0 heterocycles. The molecule has 0 saturated carbocycles. The van der Waals surface area contributed by atoms with E-state index in [0.29, 0.717) is 6.42 Å². The molecule has 0 spiro atoms. The molecule has 1 amide bonds. The molecule has 0 fully saturated rings. The van der Waals surface area contributed by atoms with Gasteiger partial charge in [-0.3, -0.25) is 4.79 Å². The zero-order valence-corrected chi connectivity index (χ0v) is 18.1. The van der Waals surface area contributed by atoms with Gasteiger partial charge >= 0.3 is 5.97 Å². The van der Waals surface area contributed by atoms with Crippen molar-refractivity contribution in [3.8, 4) is 0 Å². The number of amides is 1. The van der Waals surface area contributed by atoms with Crippen molar-refractivity contribution in [3.05, 3.63) is 83.4 Å². The summed E-state index contributed by atoms with van der Waals surface area (Å²) < 4.78 is 4.92. The Morgan fingerprint density at radius 1 is 0.900 bits per heavy atom. The average Bonchev–Trinajstić information content (AvgIpc) is 2.72. The maximum atomic E-state index is 12.6. The van der Waals surface area contributed by atoms with E-state index in [0.717, 1.165) is 21.9 Å². The Morgan fingerprint density at radius 3 is 2.17 bits per heavy atom. The van der Waals surface area contributed by atoms with Crippen LogP contribution in [0, 0.1) is 0 Å². The Hall–Kier alpha value is -3.14. The minimum Gasteiger partial charge on any atom is -0.467 e. The second kappa shape index (κ2) is 9.12. The summed E-state index contributed by atoms with van der Waals surface area (Å²) in [5.74, 6) is -0.645. The summed E-state index contributed by atoms with van der Waals surface area (Å²) in [6, 6.07) is 21.4. The molecule has 0 unspecified atom stereocenters. The number of hydrogen-bond acceptors (Lipinski definition) is 3. The number of benzene rings is 3. The van der Waals surface area contributed by atoms with Gasteiger partial charge in [0.25, 0.3) is 0 Å². The molecule has 3 aromatic carbocycles. The third-order valence-corrected chi connectivity index (χ3v) is 5.26. The maximum absolute atomic E-state index is 12.6. The molecule has 0 radical (unpaired) electrons. The van der Waals surface area contributed by atoms with Crippen molar-refractivity contribution in [2.24, 2.45) is 0 Å². The molecular weight excluding hydrogens is 374 g/mol. The number of nitrogens with one attached hydrogen (secondary N) is 1. The number of esters is 1. The highest BCUT2D eigenvalue weighted by Gasteiger charge is 2.22. The van der Waals surface area contributed by atoms with Gasteiger partial charge in [0, 0.05) is 6.42 Å². The van der Waals surface area contributed by atoms with Gasteiger partial charge in [-0.05, 0) is 32.9 Å². The van der Waals surface area contributed by atoms with E-state index in [2.05, 4.69) is 38.2 Å². The maximum Gasteiger partial charge on any atom is 0.328 e. The second-order valence-electron chi connectivity index (χ2n) is 8.65. The van der Waals surface area contributed by atoms with Gasteiger partial charge in [0.1, 0.15) is 6.04 Å². The average molecular weight is 404 g/mol. The van der Waals surface area contributed by atoms with Crippen molar-refractivity contribution in [1.29, 1.82) is 0 Å². The molecule has 0 saturated heterocycles. The van der Waals surface area contributed by atoms with Gasteiger partial charge in [-0.2, -0.15) is 0 Å². The lowest BCUT2D eigenvalue weighted by Crippen LogP contribution is -2.43. The minimum absolute atomic E-state index is 0.0638. The van der Waals surface area contributed by atoms with Crippen LogP contribution in [0.5, 0.6) is 0 Å². The molecule has 0 aromatic heterocycles. The normalized spacial score (nSPS) is 12.4. The molecule has 0 aliphatic rings. The van der Waals surface area contributed by atoms with E-state index in [1.54, 1.807) is 0 Å². The van der Waals surface area contributed by atoms with Crippen LogP contribution in [0.3, 0.4) is 0 Å². The first-order chi connectivity index (χ1) is 14.3. The Balaban J connectivity index is 1.69. The van der Waals surface area contributed by atoms with E-state index in [4.69, 9.17) is 4.74 Å². The molecule has 0 bridgehead atoms. The lowest BCUT2D eigenvalue weighted by molar-refractivity contribution is -0.145. The van der Waals surface area contributed by atoms with Crippen molar-refractivity contribution in [3.63, 3.8) is 0 Å². The van der Waals surface area contributed by atoms with Crippen molar-refractivity contribution in [2.45, 2.75) is 45.1 Å². The topological polar surface area (TPSA) is 55.4 Å². The molecule has 1 N–H and O–H groups in total. The Bertz CT molecular complexity index is 1030. The van der Waals surface area contributed by atoms with Gasteiger partial charge < -0.3 is 10.1 Å². The van der Waals surface area contributed by atoms with Crippen molar-refractivity contribution in [1.82, 2.24) is 5.32 Å². The Kier molecular flexibility index (Phi) is 6.56. The van der Waals surface area contributed by atoms with Gasteiger partial charge in [0.05, 0.1) is 13.5 Å². The van der Waals surface area contributed by atoms with Crippen LogP contribution in [0.4, 0.5) is 0 Å². The van der Waals surface area contributed by atoms with E-state index in [1.165, 1.54) is 12.7 Å². The predicted molar refractivity (Wildman–Crippen MR) is 120 cm³/mol. The van der Waals surface area contributed by atoms with Crippen LogP contribution in [-0.2, 0) is 32.6 Å². The molecule has 30 heavy (non-hydrogen) atoms. The quantitative estimate of drug-likeness (QED) is 0.613. The standard InChI is InChI=1S/C26H29NO3/c1-26(2,3)22-13-10-18(11-14-22)16-23(25(29)30-4)27-24(28)17-19-9-12-20-7-5-6-8-21(20)15-19/h5-15,23H,16-17H2,1-4H3,(H,27,28)/t23-/m0/s1. The van der Waals surface area contributed by atoms with E-state index in [-0.39, 0.29) is 17.7 Å². The number of carbonyl (C=O) groups is 2. The molecule has 3 aromatic rings. The smallest absolute Gasteiger partial charge is 0.328 e. The van der Waals surface area contributed by atoms with Crippen LogP contribution >= 0.6 is 0 Å². The monoisotopic (exact) mass is 403 g/mol. The van der Waals surface area contributed by atoms with Crippen LogP contribution in [0.15, 0.2) is 66.7 Å². The molecule has 3 rings (SSSR count). The molecule has 4 nitrogen and oxygen atoms in total. The van der Waals surface area contributed by atoms with Crippen molar-refractivity contribution in [2.75, 3.05) is 7.11 Å². The largest absolute Gasteiger partial charge is 0.467 e. The first-order valence-electron chi connectivity index (χ1n) is 10.2. The van der Waals surface area contributed by atoms with Crippen LogP contribution in [0.1, 0.15) is 37.5 Å². The SMILES string of the molecule is COC(=O)[C@H](Cc1ccc(C(C)(C)C)cc1)NC(=O)Cc1ccc2ccccc2c1. The fraction of sp³-hybridized carbons (Fsp3) is 0.308. The third kappa shape index (κ3) is 5.47. The van der Waals surface area contributed by atoms with Crippen LogP contribution in [-0.4, -0.2) is 25.0 Å². The Labute approximate surface area is 178 Å². The molecule has 0 aliphatic carbocycles. The highest BCUT2D eigenvalue weighted by molar-refractivity contribution is 5.88. The number of ether oxygens (including phenoxy) is 1. The number of hydrogen-bond donors (Lipinski definition) is 1. The van der Waals surface area contributed by atoms with Crippen LogP contribution in [0.25, 0.3) is 10.8 Å². The van der Waals surface area contributed by atoms with Gasteiger partial charge in [0.2, 0.25) is 5.91 Å². The number of rotatable bonds is 6. The highest BCUT2D eigenvalue weighted by Crippen LogP contribution is 2.22. The fourth-order valence-electron chi connectivity index (χ4n) is 3.49. The summed E-state index contributed by atoms with van der Waals surface area (Å²) >= 11 is 0. The molecule has 156 valence electrons. The van der Waals surface area contributed by atoms with E-state index in [1.807, 2.05) is 54.6 Å². The summed E-state index contributed by atoms with van der Waals surface area (Å²) in [6.45, 7) is 6.48. The summed E-state index contributed by atoms with van der Waals surface area (Å²) in [5.41, 5.74) is 3.17. The molecular formula is C26H29NO3. The van der Waals surface area contributed by atoms with Crippen LogP contribution in [0.2, 0.25) is 0 Å². The van der Waals surface area contributed by atoms with Gasteiger partial charge in [-0.15, -0.1) is 0 Å². The number of carbonyl (C=O) groups excluding carboxylic acids is 2. The van der Waals surface area contributed by atoms with E-state index >= 15 is 0 Å². The molecule has 1 atom stereocenters. The fourth-order valence-corrected chi connectivity index (χ4v) is 3.49. The lowest BCUT2D eigenvalue weighted by Gasteiger charge is -2.20. The Morgan fingerprint density at radius 2 is 1.53 bits per heavy atom. The van der Waals surface area contributed by atoms with Gasteiger partial charge in [0.15, 0.2) is 0 Å². The first-order valence-corrected chi connectivity index (χ1v) is 10.2. The zero-order chi connectivity index (χ0) is 21.7. The minimum atomic E-state index is -0.719. The van der Waals surface area contributed by atoms with Gasteiger partial charge in [-0.25, -0.2) is 4.79 Å².